The minimum absolute atomic E-state index is 0.308. The van der Waals surface area contributed by atoms with Crippen molar-refractivity contribution in [3.63, 3.8) is 0 Å². The Kier molecular flexibility index (Phi) is 2.23. The zero-order chi connectivity index (χ0) is 11.4. The van der Waals surface area contributed by atoms with Crippen LogP contribution < -0.4 is 5.73 Å². The topological polar surface area (TPSA) is 46.2 Å². The molecule has 0 atom stereocenters. The number of aliphatic hydroxyl groups is 1. The van der Waals surface area contributed by atoms with Crippen LogP contribution in [-0.2, 0) is 5.54 Å². The number of nitrogens with two attached hydrogens (primary N) is 1. The fourth-order valence-corrected chi connectivity index (χ4v) is 3.20. The molecule has 3 N–H and O–H groups in total. The van der Waals surface area contributed by atoms with Gasteiger partial charge in [-0.2, -0.15) is 0 Å². The lowest BCUT2D eigenvalue weighted by molar-refractivity contribution is -0.106. The maximum Gasteiger partial charge on any atom is 0.0717 e. The van der Waals surface area contributed by atoms with E-state index in [1.807, 2.05) is 12.1 Å². The fourth-order valence-electron chi connectivity index (χ4n) is 2.94. The fraction of sp³-hybridized carbons (Fsp3) is 0.538. The van der Waals surface area contributed by atoms with Crippen LogP contribution >= 0.6 is 15.9 Å². The first-order valence-corrected chi connectivity index (χ1v) is 6.59. The summed E-state index contributed by atoms with van der Waals surface area (Å²) in [5.74, 6) is 0.514. The van der Waals surface area contributed by atoms with Crippen molar-refractivity contribution >= 4 is 15.9 Å². The maximum absolute atomic E-state index is 10.3. The van der Waals surface area contributed by atoms with Gasteiger partial charge in [-0.3, -0.25) is 0 Å². The molecular weight excluding hydrogens is 266 g/mol. The molecule has 16 heavy (non-hydrogen) atoms. The quantitative estimate of drug-likeness (QED) is 0.875. The summed E-state index contributed by atoms with van der Waals surface area (Å²) in [6.45, 7) is 0. The van der Waals surface area contributed by atoms with E-state index in [2.05, 4.69) is 28.1 Å². The van der Waals surface area contributed by atoms with Crippen LogP contribution in [0.2, 0.25) is 0 Å². The Balaban J connectivity index is 1.78. The highest BCUT2D eigenvalue weighted by molar-refractivity contribution is 9.10. The molecule has 86 valence electrons. The molecule has 0 aliphatic heterocycles. The third-order valence-corrected chi connectivity index (χ3v) is 4.53. The van der Waals surface area contributed by atoms with Crippen LogP contribution in [0.25, 0.3) is 0 Å². The summed E-state index contributed by atoms with van der Waals surface area (Å²) in [6.07, 6.45) is 3.78. The SMILES string of the molecule is NC1(c2ccc(Br)cc2)CC(O)(C2CC2)C1. The summed E-state index contributed by atoms with van der Waals surface area (Å²) in [5.41, 5.74) is 6.70. The van der Waals surface area contributed by atoms with Crippen molar-refractivity contribution in [1.29, 1.82) is 0 Å². The molecule has 0 spiro atoms. The van der Waals surface area contributed by atoms with Gasteiger partial charge < -0.3 is 10.8 Å². The zero-order valence-corrected chi connectivity index (χ0v) is 10.7. The second-order valence-electron chi connectivity index (χ2n) is 5.39. The van der Waals surface area contributed by atoms with Crippen molar-refractivity contribution in [2.75, 3.05) is 0 Å². The Morgan fingerprint density at radius 3 is 2.25 bits per heavy atom. The molecule has 0 bridgehead atoms. The normalized spacial score (nSPS) is 38.2. The molecule has 2 aliphatic carbocycles. The number of rotatable bonds is 2. The van der Waals surface area contributed by atoms with E-state index in [0.29, 0.717) is 18.8 Å². The van der Waals surface area contributed by atoms with Crippen LogP contribution in [0.4, 0.5) is 0 Å². The van der Waals surface area contributed by atoms with E-state index in [1.54, 1.807) is 0 Å². The molecule has 0 amide bonds. The van der Waals surface area contributed by atoms with E-state index in [9.17, 15) is 5.11 Å². The van der Waals surface area contributed by atoms with Crippen molar-refractivity contribution in [1.82, 2.24) is 0 Å². The first-order chi connectivity index (χ1) is 7.52. The first kappa shape index (κ1) is 10.8. The summed E-state index contributed by atoms with van der Waals surface area (Å²) in [4.78, 5) is 0. The summed E-state index contributed by atoms with van der Waals surface area (Å²) in [5, 5.41) is 10.3. The minimum atomic E-state index is -0.470. The van der Waals surface area contributed by atoms with Gasteiger partial charge in [0.1, 0.15) is 0 Å². The summed E-state index contributed by atoms with van der Waals surface area (Å²) in [6, 6.07) is 8.13. The second kappa shape index (κ2) is 3.31. The lowest BCUT2D eigenvalue weighted by atomic mass is 9.60. The van der Waals surface area contributed by atoms with E-state index in [-0.39, 0.29) is 5.54 Å². The van der Waals surface area contributed by atoms with Crippen LogP contribution in [0.15, 0.2) is 28.7 Å². The van der Waals surface area contributed by atoms with Gasteiger partial charge in [-0.15, -0.1) is 0 Å². The van der Waals surface area contributed by atoms with Gasteiger partial charge in [-0.05, 0) is 49.3 Å². The van der Waals surface area contributed by atoms with Crippen molar-refractivity contribution in [2.24, 2.45) is 11.7 Å². The molecule has 1 aromatic carbocycles. The predicted octanol–water partition coefficient (Wildman–Crippen LogP) is 2.54. The molecule has 2 saturated carbocycles. The smallest absolute Gasteiger partial charge is 0.0717 e. The largest absolute Gasteiger partial charge is 0.389 e. The standard InChI is InChI=1S/C13H16BrNO/c14-11-5-3-9(4-6-11)12(15)7-13(16,8-12)10-1-2-10/h3-6,10,16H,1-2,7-8,15H2. The molecule has 3 heteroatoms. The lowest BCUT2D eigenvalue weighted by Gasteiger charge is -2.52. The second-order valence-corrected chi connectivity index (χ2v) is 6.31. The van der Waals surface area contributed by atoms with E-state index in [1.165, 1.54) is 12.8 Å². The molecule has 0 aromatic heterocycles. The predicted molar refractivity (Wildman–Crippen MR) is 66.9 cm³/mol. The molecule has 0 heterocycles. The summed E-state index contributed by atoms with van der Waals surface area (Å²) in [7, 11) is 0. The van der Waals surface area contributed by atoms with Crippen LogP contribution in [-0.4, -0.2) is 10.7 Å². The number of hydrogen-bond donors (Lipinski definition) is 2. The highest BCUT2D eigenvalue weighted by Crippen LogP contribution is 2.56. The van der Waals surface area contributed by atoms with Gasteiger partial charge >= 0.3 is 0 Å². The van der Waals surface area contributed by atoms with Gasteiger partial charge in [0.05, 0.1) is 5.60 Å². The molecule has 0 radical (unpaired) electrons. The van der Waals surface area contributed by atoms with E-state index in [4.69, 9.17) is 5.73 Å². The van der Waals surface area contributed by atoms with Crippen LogP contribution in [0.1, 0.15) is 31.2 Å². The van der Waals surface area contributed by atoms with Crippen LogP contribution in [0, 0.1) is 5.92 Å². The van der Waals surface area contributed by atoms with Gasteiger partial charge in [0.15, 0.2) is 0 Å². The summed E-state index contributed by atoms with van der Waals surface area (Å²) < 4.78 is 1.07. The number of hydrogen-bond acceptors (Lipinski definition) is 2. The molecule has 2 nitrogen and oxygen atoms in total. The van der Waals surface area contributed by atoms with Gasteiger partial charge in [-0.25, -0.2) is 0 Å². The Morgan fingerprint density at radius 1 is 1.19 bits per heavy atom. The Bertz CT molecular complexity index is 404. The third kappa shape index (κ3) is 1.62. The third-order valence-electron chi connectivity index (χ3n) is 4.00. The van der Waals surface area contributed by atoms with E-state index in [0.717, 1.165) is 10.0 Å². The minimum Gasteiger partial charge on any atom is -0.389 e. The Labute approximate surface area is 104 Å². The zero-order valence-electron chi connectivity index (χ0n) is 9.12. The Hall–Kier alpha value is -0.380. The van der Waals surface area contributed by atoms with Crippen LogP contribution in [0.3, 0.4) is 0 Å². The molecule has 1 aromatic rings. The Morgan fingerprint density at radius 2 is 1.75 bits per heavy atom. The number of benzene rings is 1. The summed E-state index contributed by atoms with van der Waals surface area (Å²) >= 11 is 3.42. The molecular formula is C13H16BrNO. The average molecular weight is 282 g/mol. The number of halogens is 1. The molecule has 2 aliphatic rings. The molecule has 0 saturated heterocycles. The lowest BCUT2D eigenvalue weighted by Crippen LogP contribution is -2.60. The first-order valence-electron chi connectivity index (χ1n) is 5.79. The van der Waals surface area contributed by atoms with E-state index >= 15 is 0 Å². The van der Waals surface area contributed by atoms with Crippen molar-refractivity contribution in [2.45, 2.75) is 36.8 Å². The van der Waals surface area contributed by atoms with Gasteiger partial charge in [-0.1, -0.05) is 28.1 Å². The molecule has 2 fully saturated rings. The monoisotopic (exact) mass is 281 g/mol. The van der Waals surface area contributed by atoms with Crippen molar-refractivity contribution in [3.8, 4) is 0 Å². The maximum atomic E-state index is 10.3. The van der Waals surface area contributed by atoms with Crippen molar-refractivity contribution < 1.29 is 5.11 Å². The highest BCUT2D eigenvalue weighted by atomic mass is 79.9. The van der Waals surface area contributed by atoms with Crippen molar-refractivity contribution in [3.05, 3.63) is 34.3 Å². The highest BCUT2D eigenvalue weighted by Gasteiger charge is 2.58. The van der Waals surface area contributed by atoms with Crippen LogP contribution in [0.5, 0.6) is 0 Å². The van der Waals surface area contributed by atoms with Gasteiger partial charge in [0.25, 0.3) is 0 Å². The molecule has 3 rings (SSSR count). The van der Waals surface area contributed by atoms with Gasteiger partial charge in [0, 0.05) is 10.0 Å². The average Bonchev–Trinajstić information content (AvgIpc) is 2.99. The molecule has 0 unspecified atom stereocenters. The van der Waals surface area contributed by atoms with E-state index < -0.39 is 5.60 Å². The van der Waals surface area contributed by atoms with Gasteiger partial charge in [0.2, 0.25) is 0 Å².